The van der Waals surface area contributed by atoms with Crippen molar-refractivity contribution in [2.24, 2.45) is 0 Å². The Bertz CT molecular complexity index is 391. The zero-order valence-electron chi connectivity index (χ0n) is 6.97. The molecule has 0 radical (unpaired) electrons. The lowest BCUT2D eigenvalue weighted by Crippen LogP contribution is -2.00. The van der Waals surface area contributed by atoms with Gasteiger partial charge in [-0.25, -0.2) is 4.98 Å². The van der Waals surface area contributed by atoms with Crippen LogP contribution in [-0.4, -0.2) is 24.8 Å². The first-order valence-corrected chi connectivity index (χ1v) is 3.80. The molecule has 0 aliphatic heterocycles. The second-order valence-corrected chi connectivity index (χ2v) is 2.90. The van der Waals surface area contributed by atoms with Crippen LogP contribution in [0.2, 0.25) is 0 Å². The lowest BCUT2D eigenvalue weighted by molar-refractivity contribution is 0.780. The first-order valence-electron chi connectivity index (χ1n) is 3.80. The minimum absolute atomic E-state index is 0.347. The van der Waals surface area contributed by atoms with Gasteiger partial charge in [-0.2, -0.15) is 9.61 Å². The van der Waals surface area contributed by atoms with E-state index in [0.29, 0.717) is 5.92 Å². The summed E-state index contributed by atoms with van der Waals surface area (Å²) < 4.78 is 1.63. The molecule has 0 atom stereocenters. The molecule has 0 saturated carbocycles. The molecule has 62 valence electrons. The van der Waals surface area contributed by atoms with Crippen molar-refractivity contribution in [1.82, 2.24) is 24.8 Å². The van der Waals surface area contributed by atoms with E-state index in [1.807, 2.05) is 0 Å². The number of fused-ring (bicyclic) bond motifs is 1. The smallest absolute Gasteiger partial charge is 0.199 e. The van der Waals surface area contributed by atoms with E-state index < -0.39 is 0 Å². The van der Waals surface area contributed by atoms with Gasteiger partial charge < -0.3 is 0 Å². The Hall–Kier alpha value is -1.52. The Morgan fingerprint density at radius 3 is 3.00 bits per heavy atom. The first kappa shape index (κ1) is 7.15. The summed E-state index contributed by atoms with van der Waals surface area (Å²) in [6, 6.07) is 0. The molecule has 5 nitrogen and oxygen atoms in total. The molecule has 2 aromatic rings. The summed E-state index contributed by atoms with van der Waals surface area (Å²) in [6.45, 7) is 4.13. The van der Waals surface area contributed by atoms with E-state index in [2.05, 4.69) is 34.1 Å². The van der Waals surface area contributed by atoms with Gasteiger partial charge in [-0.1, -0.05) is 13.8 Å². The van der Waals surface area contributed by atoms with Crippen LogP contribution in [0.4, 0.5) is 0 Å². The van der Waals surface area contributed by atoms with E-state index in [1.54, 1.807) is 10.8 Å². The largest absolute Gasteiger partial charge is 0.235 e. The third-order valence-electron chi connectivity index (χ3n) is 1.68. The molecule has 0 amide bonds. The quantitative estimate of drug-likeness (QED) is 0.619. The third kappa shape index (κ3) is 0.939. The van der Waals surface area contributed by atoms with Crippen LogP contribution in [0.1, 0.15) is 25.5 Å². The van der Waals surface area contributed by atoms with E-state index in [4.69, 9.17) is 0 Å². The van der Waals surface area contributed by atoms with Crippen LogP contribution in [0.25, 0.3) is 5.65 Å². The van der Waals surface area contributed by atoms with Gasteiger partial charge >= 0.3 is 0 Å². The van der Waals surface area contributed by atoms with Gasteiger partial charge in [0.25, 0.3) is 0 Å². The van der Waals surface area contributed by atoms with Crippen molar-refractivity contribution >= 4 is 5.65 Å². The standard InChI is InChI=1S/C7H9N5/c1-5(2)6-7-11-9-4-12(7)10-3-8-6/h3-5H,1-2H3. The lowest BCUT2D eigenvalue weighted by atomic mass is 10.1. The van der Waals surface area contributed by atoms with Crippen molar-refractivity contribution < 1.29 is 0 Å². The van der Waals surface area contributed by atoms with Crippen molar-refractivity contribution in [3.8, 4) is 0 Å². The van der Waals surface area contributed by atoms with Gasteiger partial charge in [-0.05, 0) is 5.92 Å². The van der Waals surface area contributed by atoms with E-state index in [0.717, 1.165) is 11.3 Å². The summed E-state index contributed by atoms with van der Waals surface area (Å²) in [5.41, 5.74) is 1.68. The minimum Gasteiger partial charge on any atom is -0.235 e. The molecule has 12 heavy (non-hydrogen) atoms. The topological polar surface area (TPSA) is 56.0 Å². The molecule has 0 spiro atoms. The van der Waals surface area contributed by atoms with Crippen LogP contribution in [0.3, 0.4) is 0 Å². The third-order valence-corrected chi connectivity index (χ3v) is 1.68. The molecule has 2 heterocycles. The van der Waals surface area contributed by atoms with Crippen LogP contribution in [0.5, 0.6) is 0 Å². The Labute approximate surface area is 69.5 Å². The van der Waals surface area contributed by atoms with Gasteiger partial charge in [-0.3, -0.25) is 0 Å². The molecule has 2 aromatic heterocycles. The van der Waals surface area contributed by atoms with E-state index in [-0.39, 0.29) is 0 Å². The average Bonchev–Trinajstić information content (AvgIpc) is 2.49. The fourth-order valence-corrected chi connectivity index (χ4v) is 1.09. The number of nitrogens with zero attached hydrogens (tertiary/aromatic N) is 5. The van der Waals surface area contributed by atoms with Crippen LogP contribution in [0, 0.1) is 0 Å². The molecule has 2 rings (SSSR count). The zero-order chi connectivity index (χ0) is 8.55. The van der Waals surface area contributed by atoms with Gasteiger partial charge in [0.15, 0.2) is 5.65 Å². The van der Waals surface area contributed by atoms with Crippen molar-refractivity contribution in [3.05, 3.63) is 18.3 Å². The monoisotopic (exact) mass is 163 g/mol. The molecule has 0 aliphatic carbocycles. The molecule has 5 heteroatoms. The SMILES string of the molecule is CC(C)c1ncnn2cnnc12. The normalized spacial score (nSPS) is 11.2. The molecule has 0 aromatic carbocycles. The van der Waals surface area contributed by atoms with Crippen LogP contribution < -0.4 is 0 Å². The maximum atomic E-state index is 4.14. The lowest BCUT2D eigenvalue weighted by Gasteiger charge is -2.02. The van der Waals surface area contributed by atoms with Gasteiger partial charge in [0.2, 0.25) is 0 Å². The van der Waals surface area contributed by atoms with E-state index >= 15 is 0 Å². The maximum Gasteiger partial charge on any atom is 0.199 e. The summed E-state index contributed by atoms with van der Waals surface area (Å²) in [6.07, 6.45) is 3.09. The summed E-state index contributed by atoms with van der Waals surface area (Å²) >= 11 is 0. The molecule has 0 unspecified atom stereocenters. The van der Waals surface area contributed by atoms with E-state index in [1.165, 1.54) is 6.33 Å². The molecular weight excluding hydrogens is 154 g/mol. The van der Waals surface area contributed by atoms with Crippen LogP contribution in [-0.2, 0) is 0 Å². The predicted molar refractivity (Wildman–Crippen MR) is 42.7 cm³/mol. The number of rotatable bonds is 1. The predicted octanol–water partition coefficient (Wildman–Crippen LogP) is 0.643. The average molecular weight is 163 g/mol. The summed E-state index contributed by atoms with van der Waals surface area (Å²) in [5.74, 6) is 0.347. The van der Waals surface area contributed by atoms with E-state index in [9.17, 15) is 0 Å². The molecule has 0 bridgehead atoms. The summed E-state index contributed by atoms with van der Waals surface area (Å²) in [5, 5.41) is 11.6. The Balaban J connectivity index is 2.73. The maximum absolute atomic E-state index is 4.14. The number of hydrogen-bond donors (Lipinski definition) is 0. The highest BCUT2D eigenvalue weighted by atomic mass is 15.4. The second-order valence-electron chi connectivity index (χ2n) is 2.90. The molecular formula is C7H9N5. The van der Waals surface area contributed by atoms with Gasteiger partial charge in [-0.15, -0.1) is 10.2 Å². The summed E-state index contributed by atoms with van der Waals surface area (Å²) in [4.78, 5) is 4.14. The number of hydrogen-bond acceptors (Lipinski definition) is 4. The van der Waals surface area contributed by atoms with Crippen molar-refractivity contribution in [2.45, 2.75) is 19.8 Å². The highest BCUT2D eigenvalue weighted by Gasteiger charge is 2.08. The van der Waals surface area contributed by atoms with Crippen molar-refractivity contribution in [3.63, 3.8) is 0 Å². The Morgan fingerprint density at radius 1 is 1.42 bits per heavy atom. The summed E-state index contributed by atoms with van der Waals surface area (Å²) in [7, 11) is 0. The highest BCUT2D eigenvalue weighted by molar-refractivity contribution is 5.41. The Morgan fingerprint density at radius 2 is 2.25 bits per heavy atom. The minimum atomic E-state index is 0.347. The van der Waals surface area contributed by atoms with Crippen LogP contribution in [0.15, 0.2) is 12.7 Å². The molecule has 0 saturated heterocycles. The van der Waals surface area contributed by atoms with Crippen molar-refractivity contribution in [1.29, 1.82) is 0 Å². The van der Waals surface area contributed by atoms with Gasteiger partial charge in [0, 0.05) is 0 Å². The van der Waals surface area contributed by atoms with Crippen LogP contribution >= 0.6 is 0 Å². The van der Waals surface area contributed by atoms with Crippen molar-refractivity contribution in [2.75, 3.05) is 0 Å². The zero-order valence-corrected chi connectivity index (χ0v) is 6.97. The van der Waals surface area contributed by atoms with Gasteiger partial charge in [0.1, 0.15) is 12.7 Å². The van der Waals surface area contributed by atoms with Gasteiger partial charge in [0.05, 0.1) is 5.69 Å². The Kier molecular flexibility index (Phi) is 1.49. The highest BCUT2D eigenvalue weighted by Crippen LogP contribution is 2.13. The fraction of sp³-hybridized carbons (Fsp3) is 0.429. The molecule has 0 N–H and O–H groups in total. The fourth-order valence-electron chi connectivity index (χ4n) is 1.09. The second kappa shape index (κ2) is 2.51. The number of aromatic nitrogens is 5. The molecule has 0 aliphatic rings. The first-order chi connectivity index (χ1) is 5.79. The molecule has 0 fully saturated rings.